The number of carbonyl (C=O) groups is 3. The van der Waals surface area contributed by atoms with Crippen LogP contribution in [0.25, 0.3) is 0 Å². The SMILES string of the molecule is CC(C)[C@@H](C(=O)O)N(C)C(=O)[C@@H](C)N(C)C(=O)[C@H]1CN1C(c1ccccc1)(c1ccccc1)c1ccccc1. The molecule has 0 spiro atoms. The van der Waals surface area contributed by atoms with Crippen LogP contribution in [0.3, 0.4) is 0 Å². The summed E-state index contributed by atoms with van der Waals surface area (Å²) in [6.45, 7) is 5.70. The Hall–Kier alpha value is -3.97. The summed E-state index contributed by atoms with van der Waals surface area (Å²) >= 11 is 0. The molecule has 204 valence electrons. The first-order valence-electron chi connectivity index (χ1n) is 13.3. The van der Waals surface area contributed by atoms with Gasteiger partial charge < -0.3 is 14.9 Å². The number of carboxylic acids is 1. The molecule has 7 nitrogen and oxygen atoms in total. The van der Waals surface area contributed by atoms with Crippen molar-refractivity contribution in [1.82, 2.24) is 14.7 Å². The van der Waals surface area contributed by atoms with Crippen LogP contribution in [0.4, 0.5) is 0 Å². The zero-order chi connectivity index (χ0) is 28.3. The Morgan fingerprint density at radius 2 is 1.18 bits per heavy atom. The van der Waals surface area contributed by atoms with Gasteiger partial charge in [-0.05, 0) is 29.5 Å². The zero-order valence-corrected chi connectivity index (χ0v) is 23.2. The maximum Gasteiger partial charge on any atom is 0.326 e. The predicted octanol–water partition coefficient (Wildman–Crippen LogP) is 4.08. The number of carboxylic acid groups (broad SMARTS) is 1. The third-order valence-electron chi connectivity index (χ3n) is 7.84. The second-order valence-corrected chi connectivity index (χ2v) is 10.6. The molecule has 4 rings (SSSR count). The summed E-state index contributed by atoms with van der Waals surface area (Å²) in [4.78, 5) is 43.8. The Balaban J connectivity index is 1.68. The van der Waals surface area contributed by atoms with E-state index in [4.69, 9.17) is 0 Å². The van der Waals surface area contributed by atoms with Gasteiger partial charge in [-0.15, -0.1) is 0 Å². The number of nitrogens with zero attached hydrogens (tertiary/aromatic N) is 3. The molecule has 0 aliphatic carbocycles. The zero-order valence-electron chi connectivity index (χ0n) is 23.2. The molecule has 1 aliphatic heterocycles. The number of benzene rings is 3. The number of carbonyl (C=O) groups excluding carboxylic acids is 2. The van der Waals surface area contributed by atoms with E-state index in [9.17, 15) is 19.5 Å². The molecule has 1 fully saturated rings. The van der Waals surface area contributed by atoms with E-state index in [1.165, 1.54) is 16.8 Å². The highest BCUT2D eigenvalue weighted by atomic mass is 16.4. The minimum Gasteiger partial charge on any atom is -0.480 e. The van der Waals surface area contributed by atoms with Crippen molar-refractivity contribution >= 4 is 17.8 Å². The van der Waals surface area contributed by atoms with E-state index in [0.717, 1.165) is 16.7 Å². The van der Waals surface area contributed by atoms with Gasteiger partial charge in [0.2, 0.25) is 11.8 Å². The molecule has 4 atom stereocenters. The fraction of sp³-hybridized carbons (Fsp3) is 0.344. The lowest BCUT2D eigenvalue weighted by Crippen LogP contribution is -2.54. The standard InChI is InChI=1S/C32H37N3O4/c1-22(2)28(31(38)39)34(5)29(36)23(3)33(4)30(37)27-21-35(27)32(24-15-9-6-10-16-24,25-17-11-7-12-18-25)26-19-13-8-14-20-26/h6-20,22-23,27-28H,21H2,1-5H3,(H,38,39)/t23-,27-,28+,35?/m1/s1. The van der Waals surface area contributed by atoms with E-state index < -0.39 is 35.5 Å². The molecule has 1 unspecified atom stereocenters. The van der Waals surface area contributed by atoms with Crippen molar-refractivity contribution in [2.45, 2.75) is 44.4 Å². The smallest absolute Gasteiger partial charge is 0.326 e. The first-order chi connectivity index (χ1) is 18.6. The summed E-state index contributed by atoms with van der Waals surface area (Å²) in [6.07, 6.45) is 0. The lowest BCUT2D eigenvalue weighted by atomic mass is 9.76. The van der Waals surface area contributed by atoms with Gasteiger partial charge in [-0.3, -0.25) is 14.5 Å². The lowest BCUT2D eigenvalue weighted by molar-refractivity contribution is -0.154. The van der Waals surface area contributed by atoms with Crippen LogP contribution >= 0.6 is 0 Å². The predicted molar refractivity (Wildman–Crippen MR) is 151 cm³/mol. The van der Waals surface area contributed by atoms with E-state index in [-0.39, 0.29) is 11.8 Å². The molecule has 0 aromatic heterocycles. The summed E-state index contributed by atoms with van der Waals surface area (Å²) < 4.78 is 0. The molecule has 2 amide bonds. The van der Waals surface area contributed by atoms with E-state index in [0.29, 0.717) is 6.54 Å². The van der Waals surface area contributed by atoms with Crippen molar-refractivity contribution in [2.75, 3.05) is 20.6 Å². The summed E-state index contributed by atoms with van der Waals surface area (Å²) in [6, 6.07) is 28.3. The van der Waals surface area contributed by atoms with Crippen LogP contribution in [0.5, 0.6) is 0 Å². The average Bonchev–Trinajstić information content (AvgIpc) is 3.74. The Bertz CT molecular complexity index is 1200. The molecule has 1 aliphatic rings. The number of hydrogen-bond acceptors (Lipinski definition) is 4. The van der Waals surface area contributed by atoms with Gasteiger partial charge in [0.1, 0.15) is 18.1 Å². The van der Waals surface area contributed by atoms with Crippen molar-refractivity contribution in [3.63, 3.8) is 0 Å². The monoisotopic (exact) mass is 527 g/mol. The second-order valence-electron chi connectivity index (χ2n) is 10.6. The Kier molecular flexibility index (Phi) is 8.21. The number of amides is 2. The third kappa shape index (κ3) is 5.19. The molecule has 7 heteroatoms. The Labute approximate surface area is 230 Å². The van der Waals surface area contributed by atoms with Gasteiger partial charge in [-0.25, -0.2) is 4.79 Å². The van der Waals surface area contributed by atoms with Crippen LogP contribution in [-0.2, 0) is 19.9 Å². The quantitative estimate of drug-likeness (QED) is 0.318. The van der Waals surface area contributed by atoms with Crippen molar-refractivity contribution in [3.8, 4) is 0 Å². The topological polar surface area (TPSA) is 80.9 Å². The third-order valence-corrected chi connectivity index (χ3v) is 7.84. The molecule has 3 aromatic rings. The summed E-state index contributed by atoms with van der Waals surface area (Å²) in [7, 11) is 3.11. The van der Waals surface area contributed by atoms with Crippen molar-refractivity contribution < 1.29 is 19.5 Å². The Morgan fingerprint density at radius 3 is 1.54 bits per heavy atom. The van der Waals surface area contributed by atoms with Crippen molar-refractivity contribution in [1.29, 1.82) is 0 Å². The van der Waals surface area contributed by atoms with Gasteiger partial charge >= 0.3 is 5.97 Å². The average molecular weight is 528 g/mol. The Morgan fingerprint density at radius 1 is 0.769 bits per heavy atom. The largest absolute Gasteiger partial charge is 0.480 e. The number of rotatable bonds is 10. The maximum atomic E-state index is 13.9. The molecular weight excluding hydrogens is 490 g/mol. The molecule has 0 bridgehead atoms. The van der Waals surface area contributed by atoms with Crippen molar-refractivity contribution in [2.24, 2.45) is 5.92 Å². The van der Waals surface area contributed by atoms with Crippen LogP contribution in [0.15, 0.2) is 91.0 Å². The molecular formula is C32H37N3O4. The van der Waals surface area contributed by atoms with Crippen LogP contribution in [0, 0.1) is 5.92 Å². The van der Waals surface area contributed by atoms with E-state index in [2.05, 4.69) is 41.3 Å². The molecule has 1 heterocycles. The summed E-state index contributed by atoms with van der Waals surface area (Å²) in [5.41, 5.74) is 2.43. The first kappa shape index (κ1) is 28.0. The fourth-order valence-electron chi connectivity index (χ4n) is 5.68. The van der Waals surface area contributed by atoms with Crippen molar-refractivity contribution in [3.05, 3.63) is 108 Å². The maximum absolute atomic E-state index is 13.9. The second kappa shape index (κ2) is 11.4. The minimum atomic E-state index is -1.06. The van der Waals surface area contributed by atoms with Crippen LogP contribution in [0.2, 0.25) is 0 Å². The summed E-state index contributed by atoms with van der Waals surface area (Å²) in [5, 5.41) is 9.66. The molecule has 0 radical (unpaired) electrons. The lowest BCUT2D eigenvalue weighted by Gasteiger charge is -2.38. The van der Waals surface area contributed by atoms with Gasteiger partial charge in [0.25, 0.3) is 0 Å². The molecule has 1 saturated heterocycles. The van der Waals surface area contributed by atoms with Crippen LogP contribution in [-0.4, -0.2) is 76.4 Å². The fourth-order valence-corrected chi connectivity index (χ4v) is 5.68. The van der Waals surface area contributed by atoms with Gasteiger partial charge in [0, 0.05) is 20.6 Å². The summed E-state index contributed by atoms with van der Waals surface area (Å²) in [5.74, 6) is -1.91. The van der Waals surface area contributed by atoms with Gasteiger partial charge in [-0.2, -0.15) is 0 Å². The van der Waals surface area contributed by atoms with E-state index in [1.807, 2.05) is 54.6 Å². The number of hydrogen-bond donors (Lipinski definition) is 1. The highest BCUT2D eigenvalue weighted by Gasteiger charge is 2.57. The minimum absolute atomic E-state index is 0.173. The molecule has 3 aromatic carbocycles. The van der Waals surface area contributed by atoms with Crippen LogP contribution in [0.1, 0.15) is 37.5 Å². The number of likely N-dealkylation sites (N-methyl/N-ethyl adjacent to an activating group) is 2. The highest BCUT2D eigenvalue weighted by molar-refractivity contribution is 5.92. The normalized spacial score (nSPS) is 18.2. The molecule has 39 heavy (non-hydrogen) atoms. The molecule has 0 saturated carbocycles. The van der Waals surface area contributed by atoms with Crippen LogP contribution < -0.4 is 0 Å². The highest BCUT2D eigenvalue weighted by Crippen LogP contribution is 2.48. The van der Waals surface area contributed by atoms with Gasteiger partial charge in [-0.1, -0.05) is 105 Å². The first-order valence-corrected chi connectivity index (χ1v) is 13.3. The number of aliphatic carboxylic acids is 1. The van der Waals surface area contributed by atoms with E-state index >= 15 is 0 Å². The molecule has 1 N–H and O–H groups in total. The van der Waals surface area contributed by atoms with Gasteiger partial charge in [0.15, 0.2) is 0 Å². The van der Waals surface area contributed by atoms with Gasteiger partial charge in [0.05, 0.1) is 5.54 Å². The van der Waals surface area contributed by atoms with E-state index in [1.54, 1.807) is 27.8 Å².